The van der Waals surface area contributed by atoms with Crippen molar-refractivity contribution in [3.05, 3.63) is 29.8 Å². The van der Waals surface area contributed by atoms with Crippen molar-refractivity contribution in [2.75, 3.05) is 6.61 Å². The van der Waals surface area contributed by atoms with Crippen LogP contribution in [0.3, 0.4) is 0 Å². The number of nitrogens with two attached hydrogens (primary N) is 1. The van der Waals surface area contributed by atoms with Crippen LogP contribution in [0, 0.1) is 5.41 Å². The van der Waals surface area contributed by atoms with Crippen LogP contribution in [0.15, 0.2) is 24.3 Å². The molecule has 1 saturated carbocycles. The zero-order chi connectivity index (χ0) is 14.7. The van der Waals surface area contributed by atoms with Gasteiger partial charge in [-0.25, -0.2) is 0 Å². The third kappa shape index (κ3) is 3.21. The van der Waals surface area contributed by atoms with E-state index in [0.29, 0.717) is 17.9 Å². The molecule has 3 N–H and O–H groups in total. The molecule has 114 valence electrons. The molecule has 4 heteroatoms. The van der Waals surface area contributed by atoms with Crippen molar-refractivity contribution < 1.29 is 9.47 Å². The van der Waals surface area contributed by atoms with E-state index in [4.69, 9.17) is 20.6 Å². The lowest BCUT2D eigenvalue weighted by Crippen LogP contribution is -2.33. The van der Waals surface area contributed by atoms with Gasteiger partial charge in [0.05, 0.1) is 17.3 Å². The van der Waals surface area contributed by atoms with Crippen LogP contribution in [0.25, 0.3) is 0 Å². The molecule has 1 unspecified atom stereocenters. The van der Waals surface area contributed by atoms with E-state index < -0.39 is 0 Å². The third-order valence-corrected chi connectivity index (χ3v) is 4.71. The lowest BCUT2D eigenvalue weighted by atomic mass is 9.83. The maximum absolute atomic E-state index is 7.59. The summed E-state index contributed by atoms with van der Waals surface area (Å²) in [7, 11) is 0. The Bertz CT molecular complexity index is 509. The van der Waals surface area contributed by atoms with Gasteiger partial charge >= 0.3 is 0 Å². The molecule has 0 amide bonds. The number of ether oxygens (including phenoxy) is 2. The normalized spacial score (nSPS) is 24.1. The summed E-state index contributed by atoms with van der Waals surface area (Å²) in [6.45, 7) is 0.548. The summed E-state index contributed by atoms with van der Waals surface area (Å²) in [5.74, 6) is 0.722. The first-order valence-corrected chi connectivity index (χ1v) is 7.93. The van der Waals surface area contributed by atoms with Crippen molar-refractivity contribution in [3.8, 4) is 5.75 Å². The van der Waals surface area contributed by atoms with Gasteiger partial charge in [-0.15, -0.1) is 0 Å². The van der Waals surface area contributed by atoms with Crippen molar-refractivity contribution in [1.82, 2.24) is 0 Å². The zero-order valence-corrected chi connectivity index (χ0v) is 12.4. The Morgan fingerprint density at radius 2 is 2.00 bits per heavy atom. The average Bonchev–Trinajstić information content (AvgIpc) is 2.89. The number of nitrogens with one attached hydrogen (secondary N) is 1. The Kier molecular flexibility index (Phi) is 4.15. The second-order valence-electron chi connectivity index (χ2n) is 6.24. The van der Waals surface area contributed by atoms with Gasteiger partial charge in [0, 0.05) is 0 Å². The van der Waals surface area contributed by atoms with Gasteiger partial charge in [0.2, 0.25) is 0 Å². The van der Waals surface area contributed by atoms with E-state index in [9.17, 15) is 0 Å². The molecule has 0 aromatic heterocycles. The number of amidine groups is 1. The molecule has 21 heavy (non-hydrogen) atoms. The molecule has 0 radical (unpaired) electrons. The van der Waals surface area contributed by atoms with Crippen LogP contribution in [-0.4, -0.2) is 24.1 Å². The highest BCUT2D eigenvalue weighted by molar-refractivity contribution is 5.97. The molecule has 1 spiro atoms. The topological polar surface area (TPSA) is 68.3 Å². The fraction of sp³-hybridized carbons (Fsp3) is 0.588. The van der Waals surface area contributed by atoms with E-state index in [0.717, 1.165) is 12.8 Å². The molecule has 1 aliphatic heterocycles. The van der Waals surface area contributed by atoms with E-state index in [1.807, 2.05) is 24.3 Å². The van der Waals surface area contributed by atoms with Crippen molar-refractivity contribution in [2.45, 2.75) is 56.7 Å². The molecule has 0 bridgehead atoms. The highest BCUT2D eigenvalue weighted by atomic mass is 16.6. The first-order valence-electron chi connectivity index (χ1n) is 7.93. The van der Waals surface area contributed by atoms with Gasteiger partial charge in [-0.3, -0.25) is 5.41 Å². The standard InChI is InChI=1S/C17H24N2O2/c18-16(19)14-6-2-3-7-15(14)20-12-13-8-11-17(21-13)9-4-1-5-10-17/h2-3,6-7,13H,1,4-5,8-12H2,(H3,18,19). The molecular weight excluding hydrogens is 264 g/mol. The molecule has 1 heterocycles. The third-order valence-electron chi connectivity index (χ3n) is 4.71. The van der Waals surface area contributed by atoms with Gasteiger partial charge in [-0.2, -0.15) is 0 Å². The maximum atomic E-state index is 7.59. The Balaban J connectivity index is 1.58. The van der Waals surface area contributed by atoms with Crippen LogP contribution in [-0.2, 0) is 4.74 Å². The monoisotopic (exact) mass is 288 g/mol. The van der Waals surface area contributed by atoms with Gasteiger partial charge in [-0.05, 0) is 37.8 Å². The van der Waals surface area contributed by atoms with E-state index in [-0.39, 0.29) is 17.5 Å². The zero-order valence-electron chi connectivity index (χ0n) is 12.4. The van der Waals surface area contributed by atoms with Gasteiger partial charge in [0.15, 0.2) is 0 Å². The summed E-state index contributed by atoms with van der Waals surface area (Å²) in [6.07, 6.45) is 8.74. The molecule has 2 aliphatic rings. The molecule has 1 atom stereocenters. The smallest absolute Gasteiger partial charge is 0.130 e. The summed E-state index contributed by atoms with van der Waals surface area (Å²) in [4.78, 5) is 0. The molecule has 1 aromatic rings. The van der Waals surface area contributed by atoms with Gasteiger partial charge in [-0.1, -0.05) is 31.4 Å². The van der Waals surface area contributed by atoms with Crippen LogP contribution in [0.2, 0.25) is 0 Å². The summed E-state index contributed by atoms with van der Waals surface area (Å²) in [6, 6.07) is 7.45. The van der Waals surface area contributed by atoms with Crippen molar-refractivity contribution in [2.24, 2.45) is 5.73 Å². The number of benzene rings is 1. The van der Waals surface area contributed by atoms with E-state index >= 15 is 0 Å². The molecule has 1 aliphatic carbocycles. The number of nitrogen functional groups attached to an aromatic ring is 1. The summed E-state index contributed by atoms with van der Waals surface area (Å²) < 4.78 is 12.2. The number of para-hydroxylation sites is 1. The number of hydrogen-bond donors (Lipinski definition) is 2. The van der Waals surface area contributed by atoms with Crippen LogP contribution < -0.4 is 10.5 Å². The lowest BCUT2D eigenvalue weighted by Gasteiger charge is -2.33. The molecule has 1 saturated heterocycles. The van der Waals surface area contributed by atoms with Crippen molar-refractivity contribution in [3.63, 3.8) is 0 Å². The molecule has 1 aromatic carbocycles. The lowest BCUT2D eigenvalue weighted by molar-refractivity contribution is -0.0748. The summed E-state index contributed by atoms with van der Waals surface area (Å²) >= 11 is 0. The van der Waals surface area contributed by atoms with Gasteiger partial charge in [0.1, 0.15) is 18.2 Å². The van der Waals surface area contributed by atoms with E-state index in [1.54, 1.807) is 0 Å². The van der Waals surface area contributed by atoms with Crippen LogP contribution in [0.5, 0.6) is 5.75 Å². The first-order chi connectivity index (χ1) is 10.2. The Morgan fingerprint density at radius 1 is 1.24 bits per heavy atom. The highest BCUT2D eigenvalue weighted by Crippen LogP contribution is 2.41. The minimum absolute atomic E-state index is 0.0432. The SMILES string of the molecule is N=C(N)c1ccccc1OCC1CCC2(CCCCC2)O1. The summed E-state index contributed by atoms with van der Waals surface area (Å²) in [5, 5.41) is 7.59. The van der Waals surface area contributed by atoms with Crippen molar-refractivity contribution >= 4 is 5.84 Å². The van der Waals surface area contributed by atoms with Gasteiger partial charge in [0.25, 0.3) is 0 Å². The summed E-state index contributed by atoms with van der Waals surface area (Å²) in [5.41, 5.74) is 6.37. The minimum atomic E-state index is 0.0432. The largest absolute Gasteiger partial charge is 0.490 e. The van der Waals surface area contributed by atoms with Crippen LogP contribution in [0.1, 0.15) is 50.5 Å². The highest BCUT2D eigenvalue weighted by Gasteiger charge is 2.40. The second-order valence-corrected chi connectivity index (χ2v) is 6.24. The molecule has 2 fully saturated rings. The number of rotatable bonds is 4. The van der Waals surface area contributed by atoms with Crippen molar-refractivity contribution in [1.29, 1.82) is 5.41 Å². The molecular formula is C17H24N2O2. The minimum Gasteiger partial charge on any atom is -0.490 e. The second kappa shape index (κ2) is 6.06. The fourth-order valence-electron chi connectivity index (χ4n) is 3.57. The first kappa shape index (κ1) is 14.4. The fourth-order valence-corrected chi connectivity index (χ4v) is 3.57. The van der Waals surface area contributed by atoms with Crippen LogP contribution >= 0.6 is 0 Å². The molecule has 4 nitrogen and oxygen atoms in total. The maximum Gasteiger partial charge on any atom is 0.130 e. The Labute approximate surface area is 126 Å². The van der Waals surface area contributed by atoms with Gasteiger partial charge < -0.3 is 15.2 Å². The number of hydrogen-bond acceptors (Lipinski definition) is 3. The predicted octanol–water partition coefficient (Wildman–Crippen LogP) is 3.23. The average molecular weight is 288 g/mol. The quantitative estimate of drug-likeness (QED) is 0.660. The molecule has 3 rings (SSSR count). The Hall–Kier alpha value is -1.55. The Morgan fingerprint density at radius 3 is 2.76 bits per heavy atom. The van der Waals surface area contributed by atoms with Crippen LogP contribution in [0.4, 0.5) is 0 Å². The predicted molar refractivity (Wildman–Crippen MR) is 82.9 cm³/mol. The van der Waals surface area contributed by atoms with E-state index in [2.05, 4.69) is 0 Å². The van der Waals surface area contributed by atoms with E-state index in [1.165, 1.54) is 32.1 Å².